The van der Waals surface area contributed by atoms with E-state index < -0.39 is 6.03 Å². The minimum atomic E-state index is -0.437. The van der Waals surface area contributed by atoms with E-state index >= 15 is 0 Å². The van der Waals surface area contributed by atoms with Crippen molar-refractivity contribution in [2.75, 3.05) is 13.1 Å². The Morgan fingerprint density at radius 3 is 2.45 bits per heavy atom. The van der Waals surface area contributed by atoms with E-state index in [4.69, 9.17) is 4.98 Å². The molecule has 2 aromatic carbocycles. The lowest BCUT2D eigenvalue weighted by Crippen LogP contribution is -2.49. The van der Waals surface area contributed by atoms with Crippen LogP contribution in [0, 0.1) is 0 Å². The fourth-order valence-electron chi connectivity index (χ4n) is 3.65. The molecular formula is C23H24N4O2. The van der Waals surface area contributed by atoms with Gasteiger partial charge in [0.1, 0.15) is 0 Å². The van der Waals surface area contributed by atoms with Crippen molar-refractivity contribution in [2.45, 2.75) is 25.4 Å². The molecule has 1 saturated heterocycles. The Balaban J connectivity index is 1.24. The Labute approximate surface area is 169 Å². The maximum atomic E-state index is 12.1. The molecule has 0 saturated carbocycles. The molecule has 6 heteroatoms. The minimum absolute atomic E-state index is 0.0689. The summed E-state index contributed by atoms with van der Waals surface area (Å²) >= 11 is 0. The second-order valence-electron chi connectivity index (χ2n) is 7.34. The molecule has 0 spiro atoms. The summed E-state index contributed by atoms with van der Waals surface area (Å²) in [6.07, 6.45) is 1.70. The lowest BCUT2D eigenvalue weighted by atomic mass is 10.0. The van der Waals surface area contributed by atoms with Crippen LogP contribution in [0.1, 0.15) is 28.9 Å². The van der Waals surface area contributed by atoms with Gasteiger partial charge < -0.3 is 5.32 Å². The lowest BCUT2D eigenvalue weighted by Gasteiger charge is -2.32. The molecule has 1 aromatic heterocycles. The van der Waals surface area contributed by atoms with E-state index in [2.05, 4.69) is 33.7 Å². The Hall–Kier alpha value is -3.25. The highest BCUT2D eigenvalue weighted by Gasteiger charge is 2.22. The molecule has 2 heterocycles. The minimum Gasteiger partial charge on any atom is -0.335 e. The number of fused-ring (bicyclic) bond motifs is 1. The van der Waals surface area contributed by atoms with Crippen molar-refractivity contribution < 1.29 is 9.59 Å². The number of para-hydroxylation sites is 1. The van der Waals surface area contributed by atoms with Crippen LogP contribution >= 0.6 is 0 Å². The zero-order chi connectivity index (χ0) is 20.1. The number of nitrogens with zero attached hydrogens (tertiary/aromatic N) is 2. The lowest BCUT2D eigenvalue weighted by molar-refractivity contribution is 0.0961. The first-order valence-corrected chi connectivity index (χ1v) is 9.91. The standard InChI is InChI=1S/C23H24N4O2/c28-22(18-7-2-1-3-8-18)26-23(29)25-19-12-14-27(15-13-19)16-20-11-10-17-6-4-5-9-21(17)24-20/h1-11,19H,12-16H2,(H2,25,26,28,29). The van der Waals surface area contributed by atoms with Crippen LogP contribution in [0.3, 0.4) is 0 Å². The fourth-order valence-corrected chi connectivity index (χ4v) is 3.65. The molecule has 148 valence electrons. The molecule has 2 N–H and O–H groups in total. The topological polar surface area (TPSA) is 74.3 Å². The molecule has 0 unspecified atom stereocenters. The zero-order valence-electron chi connectivity index (χ0n) is 16.2. The van der Waals surface area contributed by atoms with Crippen LogP contribution in [0.5, 0.6) is 0 Å². The van der Waals surface area contributed by atoms with Gasteiger partial charge >= 0.3 is 6.03 Å². The number of benzene rings is 2. The fraction of sp³-hybridized carbons (Fsp3) is 0.261. The quantitative estimate of drug-likeness (QED) is 0.719. The van der Waals surface area contributed by atoms with Crippen LogP contribution in [-0.4, -0.2) is 41.0 Å². The van der Waals surface area contributed by atoms with Gasteiger partial charge in [0.15, 0.2) is 0 Å². The van der Waals surface area contributed by atoms with E-state index in [1.54, 1.807) is 24.3 Å². The van der Waals surface area contributed by atoms with Crippen LogP contribution in [-0.2, 0) is 6.54 Å². The third-order valence-electron chi connectivity index (χ3n) is 5.23. The second kappa shape index (κ2) is 8.84. The molecule has 1 aliphatic heterocycles. The number of hydrogen-bond acceptors (Lipinski definition) is 4. The largest absolute Gasteiger partial charge is 0.335 e. The summed E-state index contributed by atoms with van der Waals surface area (Å²) in [5.74, 6) is -0.386. The maximum Gasteiger partial charge on any atom is 0.321 e. The number of urea groups is 1. The first-order chi connectivity index (χ1) is 14.2. The Morgan fingerprint density at radius 2 is 1.66 bits per heavy atom. The van der Waals surface area contributed by atoms with Crippen LogP contribution in [0.4, 0.5) is 4.79 Å². The summed E-state index contributed by atoms with van der Waals surface area (Å²) in [4.78, 5) is 31.3. The SMILES string of the molecule is O=C(NC(=O)c1ccccc1)NC1CCN(Cc2ccc3ccccc3n2)CC1. The molecule has 1 aliphatic rings. The molecule has 3 amide bonds. The van der Waals surface area contributed by atoms with E-state index in [1.165, 1.54) is 0 Å². The summed E-state index contributed by atoms with van der Waals surface area (Å²) in [6, 6.07) is 20.7. The molecule has 3 aromatic rings. The normalized spacial score (nSPS) is 15.2. The monoisotopic (exact) mass is 388 g/mol. The molecule has 0 bridgehead atoms. The molecule has 0 atom stereocenters. The highest BCUT2D eigenvalue weighted by Crippen LogP contribution is 2.16. The summed E-state index contributed by atoms with van der Waals surface area (Å²) < 4.78 is 0. The van der Waals surface area contributed by atoms with Gasteiger partial charge in [-0.1, -0.05) is 42.5 Å². The maximum absolute atomic E-state index is 12.1. The van der Waals surface area contributed by atoms with Gasteiger partial charge in [-0.05, 0) is 37.1 Å². The number of hydrogen-bond donors (Lipinski definition) is 2. The molecule has 0 radical (unpaired) electrons. The number of amides is 3. The Bertz CT molecular complexity index is 998. The second-order valence-corrected chi connectivity index (χ2v) is 7.34. The molecule has 4 rings (SSSR count). The molecule has 1 fully saturated rings. The first kappa shape index (κ1) is 19.1. The number of carbonyl (C=O) groups is 2. The molecule has 6 nitrogen and oxygen atoms in total. The highest BCUT2D eigenvalue weighted by atomic mass is 16.2. The van der Waals surface area contributed by atoms with Gasteiger partial charge in [0, 0.05) is 36.6 Å². The molecular weight excluding hydrogens is 364 g/mol. The van der Waals surface area contributed by atoms with Crippen molar-refractivity contribution in [3.8, 4) is 0 Å². The smallest absolute Gasteiger partial charge is 0.321 e. The van der Waals surface area contributed by atoms with Gasteiger partial charge in [-0.2, -0.15) is 0 Å². The summed E-state index contributed by atoms with van der Waals surface area (Å²) in [5, 5.41) is 6.46. The average molecular weight is 388 g/mol. The van der Waals surface area contributed by atoms with Gasteiger partial charge in [-0.25, -0.2) is 4.79 Å². The van der Waals surface area contributed by atoms with Crippen LogP contribution < -0.4 is 10.6 Å². The van der Waals surface area contributed by atoms with E-state index in [9.17, 15) is 9.59 Å². The number of nitrogens with one attached hydrogen (secondary N) is 2. The Morgan fingerprint density at radius 1 is 0.931 bits per heavy atom. The number of imide groups is 1. The van der Waals surface area contributed by atoms with E-state index in [1.807, 2.05) is 24.3 Å². The van der Waals surface area contributed by atoms with Crippen molar-refractivity contribution in [3.05, 3.63) is 78.0 Å². The van der Waals surface area contributed by atoms with E-state index in [0.29, 0.717) is 5.56 Å². The molecule has 29 heavy (non-hydrogen) atoms. The van der Waals surface area contributed by atoms with Crippen LogP contribution in [0.2, 0.25) is 0 Å². The van der Waals surface area contributed by atoms with Gasteiger partial charge in [0.2, 0.25) is 0 Å². The number of piperidine rings is 1. The van der Waals surface area contributed by atoms with Crippen LogP contribution in [0.25, 0.3) is 10.9 Å². The van der Waals surface area contributed by atoms with Crippen molar-refractivity contribution >= 4 is 22.8 Å². The van der Waals surface area contributed by atoms with Gasteiger partial charge in [0.25, 0.3) is 5.91 Å². The average Bonchev–Trinajstić information content (AvgIpc) is 2.75. The summed E-state index contributed by atoms with van der Waals surface area (Å²) in [7, 11) is 0. The predicted molar refractivity (Wildman–Crippen MR) is 112 cm³/mol. The highest BCUT2D eigenvalue weighted by molar-refractivity contribution is 6.04. The number of aromatic nitrogens is 1. The summed E-state index contributed by atoms with van der Waals surface area (Å²) in [5.41, 5.74) is 2.54. The number of rotatable bonds is 4. The number of carbonyl (C=O) groups excluding carboxylic acids is 2. The third-order valence-corrected chi connectivity index (χ3v) is 5.23. The summed E-state index contributed by atoms with van der Waals surface area (Å²) in [6.45, 7) is 2.56. The van der Waals surface area contributed by atoms with Crippen molar-refractivity contribution in [1.29, 1.82) is 0 Å². The number of likely N-dealkylation sites (tertiary alicyclic amines) is 1. The van der Waals surface area contributed by atoms with Gasteiger partial charge in [-0.3, -0.25) is 20.0 Å². The van der Waals surface area contributed by atoms with Crippen molar-refractivity contribution in [3.63, 3.8) is 0 Å². The van der Waals surface area contributed by atoms with Crippen molar-refractivity contribution in [2.24, 2.45) is 0 Å². The Kier molecular flexibility index (Phi) is 5.81. The molecule has 0 aliphatic carbocycles. The van der Waals surface area contributed by atoms with E-state index in [0.717, 1.165) is 49.1 Å². The van der Waals surface area contributed by atoms with Gasteiger partial charge in [0.05, 0.1) is 11.2 Å². The zero-order valence-corrected chi connectivity index (χ0v) is 16.2. The third kappa shape index (κ3) is 4.97. The van der Waals surface area contributed by atoms with Crippen molar-refractivity contribution in [1.82, 2.24) is 20.5 Å². The van der Waals surface area contributed by atoms with Crippen LogP contribution in [0.15, 0.2) is 66.7 Å². The van der Waals surface area contributed by atoms with Gasteiger partial charge in [-0.15, -0.1) is 0 Å². The van der Waals surface area contributed by atoms with E-state index in [-0.39, 0.29) is 11.9 Å². The first-order valence-electron chi connectivity index (χ1n) is 9.91. The number of pyridine rings is 1. The predicted octanol–water partition coefficient (Wildman–Crippen LogP) is 3.34.